The largest absolute Gasteiger partial charge is 0.550 e. The topological polar surface area (TPSA) is 115 Å². The van der Waals surface area contributed by atoms with Gasteiger partial charge in [0.15, 0.2) is 0 Å². The van der Waals surface area contributed by atoms with Crippen LogP contribution in [0.15, 0.2) is 12.2 Å². The summed E-state index contributed by atoms with van der Waals surface area (Å²) in [6.07, 6.45) is 22.7. The van der Waals surface area contributed by atoms with Gasteiger partial charge in [0.1, 0.15) is 11.8 Å². The molecule has 222 valence electrons. The summed E-state index contributed by atoms with van der Waals surface area (Å²) >= 11 is 0. The minimum Gasteiger partial charge on any atom is -0.550 e. The standard InChI is InChI=1S/C31H57NO6/c1-5-6-7-8-9-10-11-12-13-14-15-16-17-18-19-20-21-22-32(23-26(2)29(33)34,24-27(3)30(35)36)25-28(4)31(37)38/h8-9,26-28H,5-7,10-25H2,1-4H3,(H2-,33,34,35,36,37,38)/b9-8+. The van der Waals surface area contributed by atoms with Gasteiger partial charge < -0.3 is 24.6 Å². The van der Waals surface area contributed by atoms with Crippen LogP contribution in [-0.2, 0) is 14.4 Å². The molecule has 38 heavy (non-hydrogen) atoms. The summed E-state index contributed by atoms with van der Waals surface area (Å²) in [4.78, 5) is 34.7. The van der Waals surface area contributed by atoms with E-state index in [9.17, 15) is 29.7 Å². The number of quaternary nitrogens is 1. The quantitative estimate of drug-likeness (QED) is 0.0784. The maximum absolute atomic E-state index is 11.6. The maximum atomic E-state index is 11.6. The van der Waals surface area contributed by atoms with E-state index in [1.165, 1.54) is 70.6 Å². The molecule has 0 aliphatic heterocycles. The maximum Gasteiger partial charge on any atom is 0.311 e. The molecule has 0 aliphatic rings. The van der Waals surface area contributed by atoms with Crippen molar-refractivity contribution in [3.63, 3.8) is 0 Å². The fraction of sp³-hybridized carbons (Fsp3) is 0.839. The van der Waals surface area contributed by atoms with Crippen molar-refractivity contribution in [3.05, 3.63) is 12.2 Å². The van der Waals surface area contributed by atoms with Crippen molar-refractivity contribution in [1.82, 2.24) is 0 Å². The third-order valence-corrected chi connectivity index (χ3v) is 7.62. The lowest BCUT2D eigenvalue weighted by Crippen LogP contribution is -2.58. The number of unbranched alkanes of at least 4 members (excludes halogenated alkanes) is 13. The molecule has 0 aromatic rings. The van der Waals surface area contributed by atoms with Gasteiger partial charge in [-0.25, -0.2) is 0 Å². The number of hydrogen-bond donors (Lipinski definition) is 2. The first kappa shape index (κ1) is 36.1. The predicted octanol–water partition coefficient (Wildman–Crippen LogP) is 6.06. The fourth-order valence-corrected chi connectivity index (χ4v) is 5.33. The Kier molecular flexibility index (Phi) is 20.9. The smallest absolute Gasteiger partial charge is 0.311 e. The number of carboxylic acid groups (broad SMARTS) is 3. The van der Waals surface area contributed by atoms with E-state index in [0.717, 1.165) is 25.7 Å². The molecule has 0 bridgehead atoms. The van der Waals surface area contributed by atoms with Gasteiger partial charge in [-0.2, -0.15) is 0 Å². The molecule has 3 atom stereocenters. The van der Waals surface area contributed by atoms with Gasteiger partial charge in [0.2, 0.25) is 0 Å². The first-order chi connectivity index (χ1) is 18.0. The van der Waals surface area contributed by atoms with E-state index in [4.69, 9.17) is 0 Å². The minimum atomic E-state index is -1.18. The van der Waals surface area contributed by atoms with E-state index in [0.29, 0.717) is 6.54 Å². The summed E-state index contributed by atoms with van der Waals surface area (Å²) in [5.41, 5.74) is 0. The van der Waals surface area contributed by atoms with Crippen LogP contribution in [-0.4, -0.2) is 58.8 Å². The molecule has 0 aliphatic carbocycles. The van der Waals surface area contributed by atoms with Crippen molar-refractivity contribution < 1.29 is 34.2 Å². The number of hydrogen-bond acceptors (Lipinski definition) is 4. The first-order valence-corrected chi connectivity index (χ1v) is 15.2. The second-order valence-corrected chi connectivity index (χ2v) is 11.6. The van der Waals surface area contributed by atoms with E-state index >= 15 is 0 Å². The molecule has 2 N–H and O–H groups in total. The highest BCUT2D eigenvalue weighted by Gasteiger charge is 2.36. The van der Waals surface area contributed by atoms with Crippen LogP contribution in [0.5, 0.6) is 0 Å². The zero-order valence-electron chi connectivity index (χ0n) is 24.8. The molecule has 3 unspecified atom stereocenters. The van der Waals surface area contributed by atoms with Crippen LogP contribution >= 0.6 is 0 Å². The molecule has 7 nitrogen and oxygen atoms in total. The fourth-order valence-electron chi connectivity index (χ4n) is 5.33. The molecule has 7 heteroatoms. The van der Waals surface area contributed by atoms with Gasteiger partial charge in [-0.3, -0.25) is 9.59 Å². The lowest BCUT2D eigenvalue weighted by atomic mass is 10.00. The van der Waals surface area contributed by atoms with Gasteiger partial charge in [-0.05, 0) is 46.0 Å². The molecule has 0 saturated heterocycles. The Bertz CT molecular complexity index is 622. The zero-order valence-corrected chi connectivity index (χ0v) is 24.8. The van der Waals surface area contributed by atoms with Crippen LogP contribution in [0.1, 0.15) is 124 Å². The minimum absolute atomic E-state index is 0.185. The highest BCUT2D eigenvalue weighted by molar-refractivity contribution is 5.70. The number of allylic oxidation sites excluding steroid dienone is 2. The van der Waals surface area contributed by atoms with Crippen LogP contribution in [0.2, 0.25) is 0 Å². The zero-order chi connectivity index (χ0) is 28.8. The Morgan fingerprint density at radius 1 is 0.632 bits per heavy atom. The van der Waals surface area contributed by atoms with E-state index < -0.39 is 35.7 Å². The summed E-state index contributed by atoms with van der Waals surface area (Å²) in [6, 6.07) is 0. The molecule has 0 aromatic heterocycles. The second kappa shape index (κ2) is 22.0. The Labute approximate surface area is 232 Å². The summed E-state index contributed by atoms with van der Waals surface area (Å²) in [5, 5.41) is 30.5. The third-order valence-electron chi connectivity index (χ3n) is 7.62. The van der Waals surface area contributed by atoms with Crippen molar-refractivity contribution in [1.29, 1.82) is 0 Å². The van der Waals surface area contributed by atoms with Crippen LogP contribution < -0.4 is 5.11 Å². The van der Waals surface area contributed by atoms with Gasteiger partial charge in [0.05, 0.1) is 26.2 Å². The van der Waals surface area contributed by atoms with E-state index in [1.54, 1.807) is 20.8 Å². The Morgan fingerprint density at radius 2 is 1.00 bits per heavy atom. The van der Waals surface area contributed by atoms with Crippen molar-refractivity contribution in [2.45, 2.75) is 124 Å². The highest BCUT2D eigenvalue weighted by Crippen LogP contribution is 2.22. The lowest BCUT2D eigenvalue weighted by molar-refractivity contribution is -0.934. The van der Waals surface area contributed by atoms with E-state index in [2.05, 4.69) is 19.1 Å². The third kappa shape index (κ3) is 18.4. The molecule has 0 spiro atoms. The second-order valence-electron chi connectivity index (χ2n) is 11.6. The van der Waals surface area contributed by atoms with E-state index in [1.807, 2.05) is 0 Å². The van der Waals surface area contributed by atoms with Crippen LogP contribution in [0.25, 0.3) is 0 Å². The molecular weight excluding hydrogens is 482 g/mol. The SMILES string of the molecule is CCCC/C=C/CCCCCCCCCCCCC[N+](CC(C)C(=O)[O-])(CC(C)C(=O)O)CC(C)C(=O)O. The first-order valence-electron chi connectivity index (χ1n) is 15.2. The Hall–Kier alpha value is -1.89. The average molecular weight is 540 g/mol. The molecule has 0 radical (unpaired) electrons. The number of carboxylic acids is 3. The summed E-state index contributed by atoms with van der Waals surface area (Å²) in [7, 11) is 0. The number of nitrogens with zero attached hydrogens (tertiary/aromatic N) is 1. The number of aliphatic carboxylic acids is 3. The van der Waals surface area contributed by atoms with Crippen LogP contribution in [0, 0.1) is 17.8 Å². The van der Waals surface area contributed by atoms with Gasteiger partial charge in [-0.15, -0.1) is 0 Å². The summed E-state index contributed by atoms with van der Waals surface area (Å²) in [6.45, 7) is 8.22. The van der Waals surface area contributed by atoms with Crippen molar-refractivity contribution >= 4 is 17.9 Å². The molecule has 0 rings (SSSR count). The molecule has 0 heterocycles. The number of carbonyl (C=O) groups excluding carboxylic acids is 1. The van der Waals surface area contributed by atoms with Crippen molar-refractivity contribution in [2.75, 3.05) is 26.2 Å². The van der Waals surface area contributed by atoms with Gasteiger partial charge in [-0.1, -0.05) is 90.2 Å². The highest BCUT2D eigenvalue weighted by atomic mass is 16.4. The van der Waals surface area contributed by atoms with Gasteiger partial charge in [0.25, 0.3) is 0 Å². The summed E-state index contributed by atoms with van der Waals surface area (Å²) in [5.74, 6) is -5.23. The number of rotatable bonds is 26. The van der Waals surface area contributed by atoms with Crippen LogP contribution in [0.4, 0.5) is 0 Å². The molecule has 0 saturated carbocycles. The Morgan fingerprint density at radius 3 is 1.39 bits per heavy atom. The van der Waals surface area contributed by atoms with E-state index in [-0.39, 0.29) is 24.1 Å². The molecule has 0 aromatic carbocycles. The molecular formula is C31H57NO6. The molecule has 0 fully saturated rings. The average Bonchev–Trinajstić information content (AvgIpc) is 2.85. The number of carbonyl (C=O) groups is 3. The monoisotopic (exact) mass is 539 g/mol. The van der Waals surface area contributed by atoms with Crippen molar-refractivity contribution in [2.24, 2.45) is 17.8 Å². The normalized spacial score (nSPS) is 15.7. The summed E-state index contributed by atoms with van der Waals surface area (Å²) < 4.78 is 0.185. The van der Waals surface area contributed by atoms with Gasteiger partial charge >= 0.3 is 11.9 Å². The molecule has 0 amide bonds. The van der Waals surface area contributed by atoms with Crippen LogP contribution in [0.3, 0.4) is 0 Å². The lowest BCUT2D eigenvalue weighted by Gasteiger charge is -2.43. The Balaban J connectivity index is 4.42. The van der Waals surface area contributed by atoms with Gasteiger partial charge in [0, 0.05) is 11.9 Å². The predicted molar refractivity (Wildman–Crippen MR) is 152 cm³/mol. The van der Waals surface area contributed by atoms with Crippen molar-refractivity contribution in [3.8, 4) is 0 Å².